The van der Waals surface area contributed by atoms with Crippen LogP contribution in [0.5, 0.6) is 0 Å². The Kier molecular flexibility index (Phi) is 6.47. The zero-order valence-corrected chi connectivity index (χ0v) is 19.3. The third-order valence-electron chi connectivity index (χ3n) is 6.24. The van der Waals surface area contributed by atoms with Crippen LogP contribution in [0.3, 0.4) is 0 Å². The Labute approximate surface area is 194 Å². The number of alkyl halides is 3. The Morgan fingerprint density at radius 3 is 2.62 bits per heavy atom. The number of carbonyl (C=O) groups is 1. The van der Waals surface area contributed by atoms with E-state index in [-0.39, 0.29) is 18.1 Å². The van der Waals surface area contributed by atoms with Crippen molar-refractivity contribution in [1.29, 1.82) is 0 Å². The molecule has 1 amide bonds. The van der Waals surface area contributed by atoms with Crippen LogP contribution in [0.25, 0.3) is 0 Å². The molecule has 2 atom stereocenters. The summed E-state index contributed by atoms with van der Waals surface area (Å²) in [5.74, 6) is 1.58. The minimum Gasteiger partial charge on any atom is -0.379 e. The number of amides is 1. The Morgan fingerprint density at radius 1 is 1.26 bits per heavy atom. The minimum absolute atomic E-state index is 0.163. The zero-order chi connectivity index (χ0) is 24.6. The van der Waals surface area contributed by atoms with Gasteiger partial charge >= 0.3 is 6.18 Å². The van der Waals surface area contributed by atoms with Crippen molar-refractivity contribution in [3.8, 4) is 0 Å². The number of carbonyl (C=O) groups excluding carboxylic acids is 1. The quantitative estimate of drug-likeness (QED) is 0.550. The molecule has 1 fully saturated rings. The lowest BCUT2D eigenvalue weighted by Gasteiger charge is -2.38. The second kappa shape index (κ2) is 9.20. The molecule has 2 aromatic rings. The van der Waals surface area contributed by atoms with Crippen molar-refractivity contribution in [2.75, 3.05) is 41.6 Å². The Morgan fingerprint density at radius 2 is 2.00 bits per heavy atom. The first-order chi connectivity index (χ1) is 16.1. The molecule has 34 heavy (non-hydrogen) atoms. The van der Waals surface area contributed by atoms with Gasteiger partial charge in [-0.3, -0.25) is 4.79 Å². The maximum absolute atomic E-state index is 12.6. The molecule has 2 aliphatic rings. The standard InChI is InChI=1S/C21H27F3N8O2/c1-10-16-18(32(3)17(11(2)34-4)19(33)30-16)31-20(28-10)29-13-5-12(6-13)7-26-15-9-25-14(8-27-15)21(22,23)24/h8-9,11-13,17H,5-7H2,1-4H3,(H,26,27)(H,30,33)(H,28,29,31)/t11?,12?,13?,17-/m0/s1. The van der Waals surface area contributed by atoms with Gasteiger partial charge < -0.3 is 25.6 Å². The molecule has 0 aromatic carbocycles. The van der Waals surface area contributed by atoms with E-state index in [1.54, 1.807) is 12.0 Å². The molecule has 3 heterocycles. The van der Waals surface area contributed by atoms with Crippen LogP contribution in [0.2, 0.25) is 0 Å². The van der Waals surface area contributed by atoms with Gasteiger partial charge in [-0.05, 0) is 32.6 Å². The van der Waals surface area contributed by atoms with Crippen LogP contribution >= 0.6 is 0 Å². The summed E-state index contributed by atoms with van der Waals surface area (Å²) < 4.78 is 43.1. The third-order valence-corrected chi connectivity index (χ3v) is 6.24. The first kappa shape index (κ1) is 23.9. The van der Waals surface area contributed by atoms with Crippen molar-refractivity contribution in [2.24, 2.45) is 5.92 Å². The van der Waals surface area contributed by atoms with E-state index in [0.29, 0.717) is 41.4 Å². The summed E-state index contributed by atoms with van der Waals surface area (Å²) in [6, 6.07) is -0.341. The van der Waals surface area contributed by atoms with Gasteiger partial charge in [0.05, 0.1) is 24.2 Å². The van der Waals surface area contributed by atoms with Gasteiger partial charge in [0, 0.05) is 26.7 Å². The van der Waals surface area contributed by atoms with E-state index in [9.17, 15) is 18.0 Å². The maximum Gasteiger partial charge on any atom is 0.434 e. The van der Waals surface area contributed by atoms with Crippen molar-refractivity contribution < 1.29 is 22.7 Å². The van der Waals surface area contributed by atoms with Crippen molar-refractivity contribution >= 4 is 29.2 Å². The summed E-state index contributed by atoms with van der Waals surface area (Å²) in [5, 5.41) is 9.26. The van der Waals surface area contributed by atoms with Gasteiger partial charge in [0.2, 0.25) is 11.9 Å². The molecule has 13 heteroatoms. The SMILES string of the molecule is COC(C)[C@H]1C(=O)Nc2c(C)nc(NC3CC(CNc4cnc(C(F)(F)F)cn4)C3)nc2N1C. The summed E-state index contributed by atoms with van der Waals surface area (Å²) in [5.41, 5.74) is 0.236. The normalized spacial score (nSPS) is 23.0. The van der Waals surface area contributed by atoms with Crippen LogP contribution in [-0.2, 0) is 15.7 Å². The number of hydrogen-bond acceptors (Lipinski definition) is 9. The van der Waals surface area contributed by atoms with Gasteiger partial charge in [-0.2, -0.15) is 18.2 Å². The van der Waals surface area contributed by atoms with Gasteiger partial charge in [0.1, 0.15) is 17.5 Å². The smallest absolute Gasteiger partial charge is 0.379 e. The molecular formula is C21H27F3N8O2. The van der Waals surface area contributed by atoms with E-state index in [0.717, 1.165) is 25.2 Å². The number of aromatic nitrogens is 4. The number of methoxy groups -OCH3 is 1. The zero-order valence-electron chi connectivity index (χ0n) is 19.3. The van der Waals surface area contributed by atoms with E-state index in [1.165, 1.54) is 0 Å². The number of rotatable bonds is 7. The van der Waals surface area contributed by atoms with Crippen molar-refractivity contribution in [2.45, 2.75) is 51.1 Å². The topological polar surface area (TPSA) is 117 Å². The van der Waals surface area contributed by atoms with Crippen LogP contribution in [0.1, 0.15) is 31.2 Å². The molecule has 10 nitrogen and oxygen atoms in total. The number of likely N-dealkylation sites (N-methyl/N-ethyl adjacent to an activating group) is 1. The van der Waals surface area contributed by atoms with Gasteiger partial charge in [0.15, 0.2) is 11.5 Å². The van der Waals surface area contributed by atoms with Crippen LogP contribution in [0.15, 0.2) is 12.4 Å². The highest BCUT2D eigenvalue weighted by molar-refractivity contribution is 6.03. The van der Waals surface area contributed by atoms with Gasteiger partial charge in [-0.1, -0.05) is 0 Å². The number of hydrogen-bond donors (Lipinski definition) is 3. The molecule has 1 aliphatic carbocycles. The number of nitrogens with one attached hydrogen (secondary N) is 3. The fraction of sp³-hybridized carbons (Fsp3) is 0.571. The van der Waals surface area contributed by atoms with Crippen LogP contribution < -0.4 is 20.9 Å². The Bertz CT molecular complexity index is 1040. The molecular weight excluding hydrogens is 453 g/mol. The lowest BCUT2D eigenvalue weighted by molar-refractivity contribution is -0.141. The number of ether oxygens (including phenoxy) is 1. The lowest BCUT2D eigenvalue weighted by Crippen LogP contribution is -2.53. The predicted molar refractivity (Wildman–Crippen MR) is 120 cm³/mol. The number of nitrogens with zero attached hydrogens (tertiary/aromatic N) is 5. The molecule has 0 saturated heterocycles. The van der Waals surface area contributed by atoms with Gasteiger partial charge in [-0.15, -0.1) is 0 Å². The number of fused-ring (bicyclic) bond motifs is 1. The van der Waals surface area contributed by atoms with E-state index >= 15 is 0 Å². The average molecular weight is 480 g/mol. The molecule has 3 N–H and O–H groups in total. The second-order valence-corrected chi connectivity index (χ2v) is 8.66. The van der Waals surface area contributed by atoms with E-state index in [4.69, 9.17) is 4.74 Å². The molecule has 1 unspecified atom stereocenters. The molecule has 1 saturated carbocycles. The fourth-order valence-electron chi connectivity index (χ4n) is 4.20. The highest BCUT2D eigenvalue weighted by atomic mass is 19.4. The van der Waals surface area contributed by atoms with E-state index in [2.05, 4.69) is 35.9 Å². The van der Waals surface area contributed by atoms with Crippen molar-refractivity contribution in [3.05, 3.63) is 23.8 Å². The fourth-order valence-corrected chi connectivity index (χ4v) is 4.20. The number of halogens is 3. The molecule has 2 aromatic heterocycles. The predicted octanol–water partition coefficient (Wildman–Crippen LogP) is 2.69. The molecule has 1 aliphatic heterocycles. The van der Waals surface area contributed by atoms with Crippen molar-refractivity contribution in [1.82, 2.24) is 19.9 Å². The molecule has 0 spiro atoms. The van der Waals surface area contributed by atoms with Gasteiger partial charge in [-0.25, -0.2) is 15.0 Å². The summed E-state index contributed by atoms with van der Waals surface area (Å²) in [7, 11) is 3.37. The van der Waals surface area contributed by atoms with Crippen molar-refractivity contribution in [3.63, 3.8) is 0 Å². The summed E-state index contributed by atoms with van der Waals surface area (Å²) in [4.78, 5) is 30.6. The maximum atomic E-state index is 12.6. The van der Waals surface area contributed by atoms with Crippen LogP contribution in [0.4, 0.5) is 36.4 Å². The molecule has 4 rings (SSSR count). The highest BCUT2D eigenvalue weighted by Crippen LogP contribution is 2.35. The summed E-state index contributed by atoms with van der Waals surface area (Å²) in [6.45, 7) is 4.23. The Balaban J connectivity index is 1.32. The largest absolute Gasteiger partial charge is 0.434 e. The average Bonchev–Trinajstić information content (AvgIpc) is 2.75. The van der Waals surface area contributed by atoms with Crippen LogP contribution in [0, 0.1) is 12.8 Å². The van der Waals surface area contributed by atoms with Crippen LogP contribution in [-0.4, -0.2) is 64.7 Å². The monoisotopic (exact) mass is 480 g/mol. The molecule has 0 bridgehead atoms. The second-order valence-electron chi connectivity index (χ2n) is 8.66. The first-order valence-electron chi connectivity index (χ1n) is 10.9. The summed E-state index contributed by atoms with van der Waals surface area (Å²) >= 11 is 0. The first-order valence-corrected chi connectivity index (χ1v) is 10.9. The molecule has 184 valence electrons. The Hall–Kier alpha value is -3.22. The van der Waals surface area contributed by atoms with E-state index < -0.39 is 17.9 Å². The number of anilines is 4. The van der Waals surface area contributed by atoms with E-state index in [1.807, 2.05) is 20.9 Å². The van der Waals surface area contributed by atoms with Gasteiger partial charge in [0.25, 0.3) is 0 Å². The lowest BCUT2D eigenvalue weighted by atomic mass is 9.80. The highest BCUT2D eigenvalue weighted by Gasteiger charge is 2.38. The third kappa shape index (κ3) is 4.83. The molecule has 0 radical (unpaired) electrons. The summed E-state index contributed by atoms with van der Waals surface area (Å²) in [6.07, 6.45) is -1.32. The number of aryl methyl sites for hydroxylation is 1. The minimum atomic E-state index is -4.50.